The Morgan fingerprint density at radius 1 is 1.55 bits per heavy atom. The second kappa shape index (κ2) is 4.03. The van der Waals surface area contributed by atoms with Gasteiger partial charge >= 0.3 is 0 Å². The van der Waals surface area contributed by atoms with Gasteiger partial charge in [0.1, 0.15) is 5.76 Å². The number of aryl methyl sites for hydroxylation is 1. The van der Waals surface area contributed by atoms with Gasteiger partial charge in [0, 0.05) is 19.1 Å². The highest BCUT2D eigenvalue weighted by atomic mass is 16.6. The first-order valence-corrected chi connectivity index (χ1v) is 3.63. The highest BCUT2D eigenvalue weighted by Crippen LogP contribution is 2.14. The maximum absolute atomic E-state index is 8.44. The Bertz CT molecular complexity index is 205. The molecule has 1 N–H and O–H groups in total. The van der Waals surface area contributed by atoms with Crippen molar-refractivity contribution < 1.29 is 14.3 Å². The number of ether oxygens (including phenoxy) is 1. The molecule has 0 bridgehead atoms. The van der Waals surface area contributed by atoms with E-state index in [1.807, 2.05) is 13.0 Å². The van der Waals surface area contributed by atoms with Crippen LogP contribution in [-0.4, -0.2) is 18.3 Å². The zero-order valence-corrected chi connectivity index (χ0v) is 6.54. The Labute approximate surface area is 65.6 Å². The molecule has 1 aromatic heterocycles. The first kappa shape index (κ1) is 8.14. The van der Waals surface area contributed by atoms with E-state index in [-0.39, 0.29) is 6.61 Å². The van der Waals surface area contributed by atoms with Gasteiger partial charge in [-0.3, -0.25) is 0 Å². The molecule has 0 amide bonds. The molecule has 0 radical (unpaired) electrons. The van der Waals surface area contributed by atoms with Crippen molar-refractivity contribution in [1.82, 2.24) is 0 Å². The van der Waals surface area contributed by atoms with Crippen LogP contribution in [0.3, 0.4) is 0 Å². The van der Waals surface area contributed by atoms with E-state index in [9.17, 15) is 0 Å². The largest absolute Gasteiger partial charge is 0.465 e. The van der Waals surface area contributed by atoms with Crippen LogP contribution in [0, 0.1) is 6.92 Å². The lowest BCUT2D eigenvalue weighted by molar-refractivity contribution is 0.200. The molecule has 62 valence electrons. The maximum atomic E-state index is 8.44. The molecule has 0 aliphatic heterocycles. The molecule has 1 heterocycles. The van der Waals surface area contributed by atoms with Crippen LogP contribution >= 0.6 is 0 Å². The summed E-state index contributed by atoms with van der Waals surface area (Å²) in [5, 5.41) is 8.44. The van der Waals surface area contributed by atoms with Crippen molar-refractivity contribution in [3.63, 3.8) is 0 Å². The van der Waals surface area contributed by atoms with E-state index in [1.54, 1.807) is 6.07 Å². The molecule has 0 saturated carbocycles. The summed E-state index contributed by atoms with van der Waals surface area (Å²) in [5.74, 6) is 1.36. The summed E-state index contributed by atoms with van der Waals surface area (Å²) in [6, 6.07) is 3.61. The molecular formula is C8H12O3. The third-order valence-corrected chi connectivity index (χ3v) is 1.26. The molecule has 0 unspecified atom stereocenters. The quantitative estimate of drug-likeness (QED) is 0.669. The lowest BCUT2D eigenvalue weighted by Crippen LogP contribution is -1.98. The lowest BCUT2D eigenvalue weighted by Gasteiger charge is -1.98. The van der Waals surface area contributed by atoms with Gasteiger partial charge in [-0.1, -0.05) is 0 Å². The van der Waals surface area contributed by atoms with Crippen molar-refractivity contribution in [2.24, 2.45) is 0 Å². The fourth-order valence-corrected chi connectivity index (χ4v) is 0.727. The van der Waals surface area contributed by atoms with Crippen LogP contribution in [0.15, 0.2) is 16.5 Å². The summed E-state index contributed by atoms with van der Waals surface area (Å²) in [4.78, 5) is 0. The number of aliphatic hydroxyl groups excluding tert-OH is 1. The average Bonchev–Trinajstić information content (AvgIpc) is 2.37. The van der Waals surface area contributed by atoms with E-state index >= 15 is 0 Å². The molecule has 0 spiro atoms. The molecule has 0 aliphatic rings. The van der Waals surface area contributed by atoms with Gasteiger partial charge < -0.3 is 14.3 Å². The van der Waals surface area contributed by atoms with Gasteiger partial charge in [0.05, 0.1) is 6.61 Å². The minimum Gasteiger partial charge on any atom is -0.465 e. The van der Waals surface area contributed by atoms with Crippen LogP contribution in [0.2, 0.25) is 0 Å². The first-order valence-electron chi connectivity index (χ1n) is 3.63. The molecule has 0 aliphatic carbocycles. The van der Waals surface area contributed by atoms with E-state index in [1.165, 1.54) is 0 Å². The number of furan rings is 1. The minimum atomic E-state index is 0.152. The van der Waals surface area contributed by atoms with Crippen LogP contribution in [0.1, 0.15) is 12.2 Å². The summed E-state index contributed by atoms with van der Waals surface area (Å²) in [6.07, 6.45) is 0.639. The Balaban J connectivity index is 2.27. The Hall–Kier alpha value is -0.960. The molecule has 3 heteroatoms. The van der Waals surface area contributed by atoms with Gasteiger partial charge in [-0.15, -0.1) is 0 Å². The van der Waals surface area contributed by atoms with Crippen molar-refractivity contribution in [2.75, 3.05) is 13.2 Å². The third-order valence-electron chi connectivity index (χ3n) is 1.26. The third kappa shape index (κ3) is 2.63. The number of hydrogen-bond acceptors (Lipinski definition) is 3. The molecule has 1 rings (SSSR count). The van der Waals surface area contributed by atoms with Gasteiger partial charge in [0.2, 0.25) is 0 Å². The predicted octanol–water partition coefficient (Wildman–Crippen LogP) is 1.35. The number of hydrogen-bond donors (Lipinski definition) is 1. The van der Waals surface area contributed by atoms with Gasteiger partial charge in [-0.2, -0.15) is 0 Å². The number of rotatable bonds is 4. The molecule has 0 saturated heterocycles. The maximum Gasteiger partial charge on any atom is 0.284 e. The zero-order chi connectivity index (χ0) is 8.10. The molecule has 0 aromatic carbocycles. The second-order valence-corrected chi connectivity index (χ2v) is 2.29. The smallest absolute Gasteiger partial charge is 0.284 e. The van der Waals surface area contributed by atoms with Crippen LogP contribution in [0.4, 0.5) is 0 Å². The van der Waals surface area contributed by atoms with Crippen molar-refractivity contribution in [3.8, 4) is 5.95 Å². The average molecular weight is 156 g/mol. The first-order chi connectivity index (χ1) is 5.33. The molecule has 0 atom stereocenters. The van der Waals surface area contributed by atoms with Crippen LogP contribution in [-0.2, 0) is 0 Å². The van der Waals surface area contributed by atoms with Crippen molar-refractivity contribution in [3.05, 3.63) is 17.9 Å². The number of aliphatic hydroxyl groups is 1. The van der Waals surface area contributed by atoms with Crippen molar-refractivity contribution >= 4 is 0 Å². The van der Waals surface area contributed by atoms with E-state index in [4.69, 9.17) is 14.3 Å². The SMILES string of the molecule is Cc1ccc(OCCCO)o1. The van der Waals surface area contributed by atoms with Gasteiger partial charge in [0.15, 0.2) is 0 Å². The highest BCUT2D eigenvalue weighted by Gasteiger charge is 1.96. The minimum absolute atomic E-state index is 0.152. The fraction of sp³-hybridized carbons (Fsp3) is 0.500. The predicted molar refractivity (Wildman–Crippen MR) is 40.6 cm³/mol. The second-order valence-electron chi connectivity index (χ2n) is 2.29. The summed E-state index contributed by atoms with van der Waals surface area (Å²) < 4.78 is 10.3. The molecular weight excluding hydrogens is 144 g/mol. The summed E-state index contributed by atoms with van der Waals surface area (Å²) >= 11 is 0. The van der Waals surface area contributed by atoms with Crippen molar-refractivity contribution in [1.29, 1.82) is 0 Å². The molecule has 0 fully saturated rings. The normalized spacial score (nSPS) is 10.0. The van der Waals surface area contributed by atoms with E-state index in [0.717, 1.165) is 5.76 Å². The van der Waals surface area contributed by atoms with Gasteiger partial charge in [0.25, 0.3) is 5.95 Å². The Morgan fingerprint density at radius 2 is 2.36 bits per heavy atom. The van der Waals surface area contributed by atoms with Crippen LogP contribution in [0.25, 0.3) is 0 Å². The lowest BCUT2D eigenvalue weighted by atomic mass is 10.5. The van der Waals surface area contributed by atoms with Crippen molar-refractivity contribution in [2.45, 2.75) is 13.3 Å². The summed E-state index contributed by atoms with van der Waals surface area (Å²) in [7, 11) is 0. The van der Waals surface area contributed by atoms with Crippen LogP contribution in [0.5, 0.6) is 5.95 Å². The van der Waals surface area contributed by atoms with Crippen LogP contribution < -0.4 is 4.74 Å². The summed E-state index contributed by atoms with van der Waals surface area (Å²) in [6.45, 7) is 2.52. The molecule has 1 aromatic rings. The zero-order valence-electron chi connectivity index (χ0n) is 6.54. The Kier molecular flexibility index (Phi) is 2.98. The topological polar surface area (TPSA) is 42.6 Å². The van der Waals surface area contributed by atoms with E-state index in [0.29, 0.717) is 19.0 Å². The highest BCUT2D eigenvalue weighted by molar-refractivity contribution is 5.10. The molecule has 3 nitrogen and oxygen atoms in total. The standard InChI is InChI=1S/C8H12O3/c1-7-3-4-8(11-7)10-6-2-5-9/h3-4,9H,2,5-6H2,1H3. The Morgan fingerprint density at radius 3 is 2.91 bits per heavy atom. The van der Waals surface area contributed by atoms with E-state index < -0.39 is 0 Å². The monoisotopic (exact) mass is 156 g/mol. The van der Waals surface area contributed by atoms with Gasteiger partial charge in [-0.05, 0) is 13.0 Å². The fourth-order valence-electron chi connectivity index (χ4n) is 0.727. The molecule has 11 heavy (non-hydrogen) atoms. The van der Waals surface area contributed by atoms with Gasteiger partial charge in [-0.25, -0.2) is 0 Å². The summed E-state index contributed by atoms with van der Waals surface area (Å²) in [5.41, 5.74) is 0. The van der Waals surface area contributed by atoms with E-state index in [2.05, 4.69) is 0 Å².